The lowest BCUT2D eigenvalue weighted by Gasteiger charge is -2.17. The predicted molar refractivity (Wildman–Crippen MR) is 82.2 cm³/mol. The number of carbonyl (C=O) groups is 2. The van der Waals surface area contributed by atoms with Crippen LogP contribution in [0.1, 0.15) is 57.9 Å². The Hall–Kier alpha value is -2.36. The van der Waals surface area contributed by atoms with E-state index in [0.29, 0.717) is 17.0 Å². The van der Waals surface area contributed by atoms with Crippen molar-refractivity contribution in [2.45, 2.75) is 31.6 Å². The second kappa shape index (κ2) is 5.20. The molecule has 0 aliphatic heterocycles. The molecule has 4 nitrogen and oxygen atoms in total. The van der Waals surface area contributed by atoms with E-state index in [1.54, 1.807) is 18.2 Å². The molecule has 0 heterocycles. The number of carbonyl (C=O) groups excluding carboxylic acids is 2. The highest BCUT2D eigenvalue weighted by molar-refractivity contribution is 6.03. The summed E-state index contributed by atoms with van der Waals surface area (Å²) in [4.78, 5) is 23.1. The zero-order chi connectivity index (χ0) is 15.0. The smallest absolute Gasteiger partial charge is 0.249 e. The second-order valence-electron chi connectivity index (χ2n) is 5.67. The number of amides is 2. The fourth-order valence-electron chi connectivity index (χ4n) is 3.38. The third kappa shape index (κ3) is 2.37. The average molecular weight is 282 g/mol. The van der Waals surface area contributed by atoms with E-state index in [2.05, 4.69) is 0 Å². The van der Waals surface area contributed by atoms with Crippen molar-refractivity contribution in [1.29, 1.82) is 0 Å². The zero-order valence-electron chi connectivity index (χ0n) is 11.8. The molecule has 1 aliphatic rings. The van der Waals surface area contributed by atoms with Crippen molar-refractivity contribution >= 4 is 22.6 Å². The first kappa shape index (κ1) is 13.6. The number of fused-ring (bicyclic) bond motifs is 1. The fraction of sp³-hybridized carbons (Fsp3) is 0.294. The topological polar surface area (TPSA) is 86.2 Å². The Balaban J connectivity index is 2.25. The lowest BCUT2D eigenvalue weighted by molar-refractivity contribution is 0.0991. The van der Waals surface area contributed by atoms with Crippen LogP contribution in [0.15, 0.2) is 30.3 Å². The van der Waals surface area contributed by atoms with Crippen molar-refractivity contribution < 1.29 is 9.59 Å². The number of rotatable bonds is 3. The molecule has 2 aromatic rings. The van der Waals surface area contributed by atoms with Crippen LogP contribution >= 0.6 is 0 Å². The molecule has 0 unspecified atom stereocenters. The maximum atomic E-state index is 11.7. The van der Waals surface area contributed by atoms with Gasteiger partial charge in [-0.1, -0.05) is 25.0 Å². The van der Waals surface area contributed by atoms with Gasteiger partial charge in [0.25, 0.3) is 0 Å². The second-order valence-corrected chi connectivity index (χ2v) is 5.67. The normalized spacial score (nSPS) is 15.4. The molecule has 2 aromatic carbocycles. The van der Waals surface area contributed by atoms with Gasteiger partial charge in [0.2, 0.25) is 11.8 Å². The van der Waals surface area contributed by atoms with Gasteiger partial charge in [-0.2, -0.15) is 0 Å². The Morgan fingerprint density at radius 1 is 0.952 bits per heavy atom. The molecule has 1 fully saturated rings. The SMILES string of the molecule is NC(=O)c1ccc2c(C3CCCC3)c(C(N)=O)ccc2c1. The number of primary amides is 2. The number of nitrogens with two attached hydrogens (primary N) is 2. The molecular weight excluding hydrogens is 264 g/mol. The van der Waals surface area contributed by atoms with Crippen molar-refractivity contribution in [2.75, 3.05) is 0 Å². The highest BCUT2D eigenvalue weighted by atomic mass is 16.1. The Morgan fingerprint density at radius 2 is 1.67 bits per heavy atom. The summed E-state index contributed by atoms with van der Waals surface area (Å²) < 4.78 is 0. The highest BCUT2D eigenvalue weighted by Crippen LogP contribution is 2.39. The molecule has 21 heavy (non-hydrogen) atoms. The van der Waals surface area contributed by atoms with Crippen molar-refractivity contribution in [3.63, 3.8) is 0 Å². The van der Waals surface area contributed by atoms with Crippen LogP contribution in [-0.4, -0.2) is 11.8 Å². The molecule has 0 aromatic heterocycles. The summed E-state index contributed by atoms with van der Waals surface area (Å²) in [7, 11) is 0. The monoisotopic (exact) mass is 282 g/mol. The van der Waals surface area contributed by atoms with Crippen LogP contribution in [0.3, 0.4) is 0 Å². The Kier molecular flexibility index (Phi) is 3.37. The van der Waals surface area contributed by atoms with Crippen LogP contribution in [0.5, 0.6) is 0 Å². The first-order valence-electron chi connectivity index (χ1n) is 7.24. The van der Waals surface area contributed by atoms with Gasteiger partial charge in [0.15, 0.2) is 0 Å². The van der Waals surface area contributed by atoms with Gasteiger partial charge in [-0.05, 0) is 53.3 Å². The van der Waals surface area contributed by atoms with Gasteiger partial charge in [0.05, 0.1) is 0 Å². The quantitative estimate of drug-likeness (QED) is 0.906. The van der Waals surface area contributed by atoms with Crippen LogP contribution in [0.4, 0.5) is 0 Å². The van der Waals surface area contributed by atoms with Crippen LogP contribution < -0.4 is 11.5 Å². The van der Waals surface area contributed by atoms with E-state index in [0.717, 1.165) is 29.2 Å². The van der Waals surface area contributed by atoms with Crippen molar-refractivity contribution in [3.05, 3.63) is 47.0 Å². The molecule has 0 saturated heterocycles. The molecule has 108 valence electrons. The molecule has 3 rings (SSSR count). The Bertz CT molecular complexity index is 731. The van der Waals surface area contributed by atoms with Gasteiger partial charge in [-0.3, -0.25) is 9.59 Å². The number of benzene rings is 2. The molecule has 4 N–H and O–H groups in total. The summed E-state index contributed by atoms with van der Waals surface area (Å²) in [5.74, 6) is -0.466. The summed E-state index contributed by atoms with van der Waals surface area (Å²) in [5.41, 5.74) is 13.0. The van der Waals surface area contributed by atoms with Gasteiger partial charge in [-0.25, -0.2) is 0 Å². The summed E-state index contributed by atoms with van der Waals surface area (Å²) in [6, 6.07) is 8.98. The molecular formula is C17H18N2O2. The van der Waals surface area contributed by atoms with Gasteiger partial charge in [0, 0.05) is 11.1 Å². The summed E-state index contributed by atoms with van der Waals surface area (Å²) in [5, 5.41) is 1.93. The maximum absolute atomic E-state index is 11.7. The lowest BCUT2D eigenvalue weighted by atomic mass is 9.87. The largest absolute Gasteiger partial charge is 0.366 e. The molecule has 2 amide bonds. The van der Waals surface area contributed by atoms with Crippen LogP contribution in [0.2, 0.25) is 0 Å². The van der Waals surface area contributed by atoms with Gasteiger partial charge < -0.3 is 11.5 Å². The zero-order valence-corrected chi connectivity index (χ0v) is 11.8. The van der Waals surface area contributed by atoms with E-state index >= 15 is 0 Å². The Labute approximate surface area is 123 Å². The van der Waals surface area contributed by atoms with E-state index in [1.165, 1.54) is 12.8 Å². The fourth-order valence-corrected chi connectivity index (χ4v) is 3.38. The molecule has 1 saturated carbocycles. The minimum Gasteiger partial charge on any atom is -0.366 e. The first-order valence-corrected chi connectivity index (χ1v) is 7.24. The number of hydrogen-bond donors (Lipinski definition) is 2. The van der Waals surface area contributed by atoms with Gasteiger partial charge >= 0.3 is 0 Å². The number of hydrogen-bond acceptors (Lipinski definition) is 2. The lowest BCUT2D eigenvalue weighted by Crippen LogP contribution is -2.15. The van der Waals surface area contributed by atoms with Crippen molar-refractivity contribution in [3.8, 4) is 0 Å². The maximum Gasteiger partial charge on any atom is 0.249 e. The molecule has 1 aliphatic carbocycles. The molecule has 4 heteroatoms. The van der Waals surface area contributed by atoms with Crippen LogP contribution in [0.25, 0.3) is 10.8 Å². The highest BCUT2D eigenvalue weighted by Gasteiger charge is 2.24. The van der Waals surface area contributed by atoms with E-state index < -0.39 is 11.8 Å². The van der Waals surface area contributed by atoms with Gasteiger partial charge in [-0.15, -0.1) is 0 Å². The molecule has 0 spiro atoms. The molecule has 0 radical (unpaired) electrons. The third-order valence-electron chi connectivity index (χ3n) is 4.37. The standard InChI is InChI=1S/C17H18N2O2/c18-16(20)12-6-7-13-11(9-12)5-8-14(17(19)21)15(13)10-3-1-2-4-10/h5-10H,1-4H2,(H2,18,20)(H2,19,21). The molecule has 0 atom stereocenters. The predicted octanol–water partition coefficient (Wildman–Crippen LogP) is 2.70. The van der Waals surface area contributed by atoms with E-state index in [1.807, 2.05) is 12.1 Å². The van der Waals surface area contributed by atoms with Crippen LogP contribution in [-0.2, 0) is 0 Å². The van der Waals surface area contributed by atoms with E-state index in [-0.39, 0.29) is 0 Å². The summed E-state index contributed by atoms with van der Waals surface area (Å²) >= 11 is 0. The minimum absolute atomic E-state index is 0.371. The minimum atomic E-state index is -0.446. The van der Waals surface area contributed by atoms with Crippen molar-refractivity contribution in [1.82, 2.24) is 0 Å². The first-order chi connectivity index (χ1) is 10.1. The third-order valence-corrected chi connectivity index (χ3v) is 4.37. The Morgan fingerprint density at radius 3 is 2.29 bits per heavy atom. The van der Waals surface area contributed by atoms with E-state index in [4.69, 9.17) is 11.5 Å². The summed E-state index contributed by atoms with van der Waals surface area (Å²) in [6.07, 6.45) is 4.52. The molecule has 0 bridgehead atoms. The van der Waals surface area contributed by atoms with Gasteiger partial charge in [0.1, 0.15) is 0 Å². The van der Waals surface area contributed by atoms with Crippen LogP contribution in [0, 0.1) is 0 Å². The average Bonchev–Trinajstić information content (AvgIpc) is 2.98. The summed E-state index contributed by atoms with van der Waals surface area (Å²) in [6.45, 7) is 0. The van der Waals surface area contributed by atoms with Crippen molar-refractivity contribution in [2.24, 2.45) is 11.5 Å². The van der Waals surface area contributed by atoms with E-state index in [9.17, 15) is 9.59 Å².